The number of halogens is 4. The molecule has 0 saturated carbocycles. The molecular formula is C23H16ClF3N4O. The van der Waals surface area contributed by atoms with Gasteiger partial charge in [0.1, 0.15) is 11.5 Å². The van der Waals surface area contributed by atoms with E-state index in [4.69, 9.17) is 21.6 Å². The van der Waals surface area contributed by atoms with Gasteiger partial charge in [0.05, 0.1) is 11.6 Å². The lowest BCUT2D eigenvalue weighted by molar-refractivity contribution is -0.137. The second-order valence-corrected chi connectivity index (χ2v) is 7.41. The third-order valence-electron chi connectivity index (χ3n) is 4.91. The Hall–Kier alpha value is -3.70. The molecule has 0 aromatic heterocycles. The number of alkyl halides is 3. The Morgan fingerprint density at radius 3 is 2.31 bits per heavy atom. The van der Waals surface area contributed by atoms with E-state index in [9.17, 15) is 13.2 Å². The average Bonchev–Trinajstić information content (AvgIpc) is 3.19. The first-order valence-corrected chi connectivity index (χ1v) is 9.93. The lowest BCUT2D eigenvalue weighted by Crippen LogP contribution is -2.31. The van der Waals surface area contributed by atoms with Crippen LogP contribution >= 0.6 is 11.6 Å². The quantitative estimate of drug-likeness (QED) is 0.479. The van der Waals surface area contributed by atoms with Gasteiger partial charge in [0, 0.05) is 17.3 Å². The second kappa shape index (κ2) is 8.81. The third kappa shape index (κ3) is 4.63. The number of aliphatic imine (C=N–C) groups is 1. The summed E-state index contributed by atoms with van der Waals surface area (Å²) in [6.07, 6.45) is -2.71. The van der Waals surface area contributed by atoms with Gasteiger partial charge in [-0.15, -0.1) is 4.99 Å². The van der Waals surface area contributed by atoms with Crippen molar-refractivity contribution in [2.24, 2.45) is 4.99 Å². The van der Waals surface area contributed by atoms with Gasteiger partial charge in [0.25, 0.3) is 0 Å². The van der Waals surface area contributed by atoms with Crippen LogP contribution in [-0.4, -0.2) is 12.5 Å². The van der Waals surface area contributed by atoms with Crippen molar-refractivity contribution in [3.05, 3.63) is 88.9 Å². The Balaban J connectivity index is 1.63. The number of nitriles is 1. The molecule has 9 heteroatoms. The highest BCUT2D eigenvalue weighted by Crippen LogP contribution is 2.36. The predicted molar refractivity (Wildman–Crippen MR) is 116 cm³/mol. The Labute approximate surface area is 187 Å². The van der Waals surface area contributed by atoms with Gasteiger partial charge in [-0.05, 0) is 66.2 Å². The highest BCUT2D eigenvalue weighted by Gasteiger charge is 2.35. The largest absolute Gasteiger partial charge is 0.457 e. The van der Waals surface area contributed by atoms with Gasteiger partial charge in [-0.25, -0.2) is 0 Å². The SMILES string of the molecule is N#CN=C1NCC(c2cccc(C(F)(F)F)c2)N1c1ccc(Oc2ccc(Cl)cc2)cc1. The molecule has 32 heavy (non-hydrogen) atoms. The van der Waals surface area contributed by atoms with E-state index in [2.05, 4.69) is 10.3 Å². The number of benzene rings is 3. The van der Waals surface area contributed by atoms with E-state index < -0.39 is 17.8 Å². The van der Waals surface area contributed by atoms with E-state index in [0.29, 0.717) is 34.3 Å². The van der Waals surface area contributed by atoms with Crippen LogP contribution in [0.1, 0.15) is 17.2 Å². The van der Waals surface area contributed by atoms with Crippen LogP contribution in [0.2, 0.25) is 5.02 Å². The Morgan fingerprint density at radius 1 is 1.03 bits per heavy atom. The van der Waals surface area contributed by atoms with Gasteiger partial charge in [-0.1, -0.05) is 23.7 Å². The standard InChI is InChI=1S/C23H16ClF3N4O/c24-17-4-8-19(9-5-17)32-20-10-6-18(7-11-20)31-21(13-29-22(31)30-14-28)15-2-1-3-16(12-15)23(25,26)27/h1-12,21H,13H2,(H,29,30). The van der Waals surface area contributed by atoms with Crippen molar-refractivity contribution in [1.82, 2.24) is 5.32 Å². The average molecular weight is 457 g/mol. The molecule has 1 heterocycles. The molecule has 1 aliphatic rings. The molecule has 5 nitrogen and oxygen atoms in total. The molecule has 0 spiro atoms. The maximum absolute atomic E-state index is 13.2. The van der Waals surface area contributed by atoms with Crippen molar-refractivity contribution < 1.29 is 17.9 Å². The van der Waals surface area contributed by atoms with Crippen molar-refractivity contribution in [3.8, 4) is 17.7 Å². The maximum Gasteiger partial charge on any atom is 0.416 e. The molecule has 3 aromatic rings. The van der Waals surface area contributed by atoms with Crippen LogP contribution in [0.4, 0.5) is 18.9 Å². The van der Waals surface area contributed by atoms with Crippen LogP contribution in [0, 0.1) is 11.5 Å². The second-order valence-electron chi connectivity index (χ2n) is 6.98. The minimum atomic E-state index is -4.45. The number of nitrogens with one attached hydrogen (secondary N) is 1. The highest BCUT2D eigenvalue weighted by molar-refractivity contribution is 6.30. The van der Waals surface area contributed by atoms with Crippen molar-refractivity contribution in [1.29, 1.82) is 5.26 Å². The van der Waals surface area contributed by atoms with Crippen molar-refractivity contribution in [2.75, 3.05) is 11.4 Å². The molecule has 1 saturated heterocycles. The van der Waals surface area contributed by atoms with Crippen molar-refractivity contribution in [3.63, 3.8) is 0 Å². The first-order chi connectivity index (χ1) is 15.3. The highest BCUT2D eigenvalue weighted by atomic mass is 35.5. The summed E-state index contributed by atoms with van der Waals surface area (Å²) < 4.78 is 45.4. The zero-order chi connectivity index (χ0) is 22.7. The summed E-state index contributed by atoms with van der Waals surface area (Å²) in [7, 11) is 0. The minimum Gasteiger partial charge on any atom is -0.457 e. The van der Waals surface area contributed by atoms with Gasteiger partial charge in [-0.2, -0.15) is 18.4 Å². The van der Waals surface area contributed by atoms with Gasteiger partial charge in [0.15, 0.2) is 0 Å². The molecule has 1 unspecified atom stereocenters. The monoisotopic (exact) mass is 456 g/mol. The summed E-state index contributed by atoms with van der Waals surface area (Å²) >= 11 is 5.88. The molecule has 1 N–H and O–H groups in total. The van der Waals surface area contributed by atoms with Crippen molar-refractivity contribution >= 4 is 23.2 Å². The molecule has 1 aliphatic heterocycles. The molecule has 0 amide bonds. The van der Waals surface area contributed by atoms with E-state index in [1.54, 1.807) is 65.7 Å². The molecule has 0 aliphatic carbocycles. The maximum atomic E-state index is 13.2. The minimum absolute atomic E-state index is 0.265. The molecular weight excluding hydrogens is 441 g/mol. The fourth-order valence-corrected chi connectivity index (χ4v) is 3.58. The summed E-state index contributed by atoms with van der Waals surface area (Å²) in [4.78, 5) is 5.50. The van der Waals surface area contributed by atoms with Crippen LogP contribution in [0.25, 0.3) is 0 Å². The van der Waals surface area contributed by atoms with E-state index in [0.717, 1.165) is 12.1 Å². The van der Waals surface area contributed by atoms with Crippen LogP contribution in [0.3, 0.4) is 0 Å². The zero-order valence-electron chi connectivity index (χ0n) is 16.5. The number of nitrogens with zero attached hydrogens (tertiary/aromatic N) is 3. The summed E-state index contributed by atoms with van der Waals surface area (Å²) in [5, 5.41) is 12.6. The number of hydrogen-bond acceptors (Lipinski definition) is 3. The first-order valence-electron chi connectivity index (χ1n) is 9.55. The van der Waals surface area contributed by atoms with Crippen molar-refractivity contribution in [2.45, 2.75) is 12.2 Å². The summed E-state index contributed by atoms with van der Waals surface area (Å²) in [5.41, 5.74) is 0.374. The normalized spacial score (nSPS) is 17.2. The van der Waals surface area contributed by atoms with E-state index in [-0.39, 0.29) is 5.96 Å². The van der Waals surface area contributed by atoms with Crippen LogP contribution in [-0.2, 0) is 6.18 Å². The number of rotatable bonds is 4. The molecule has 1 atom stereocenters. The smallest absolute Gasteiger partial charge is 0.416 e. The predicted octanol–water partition coefficient (Wildman–Crippen LogP) is 6.14. The fourth-order valence-electron chi connectivity index (χ4n) is 3.46. The summed E-state index contributed by atoms with van der Waals surface area (Å²) in [5.74, 6) is 1.44. The molecule has 3 aromatic carbocycles. The molecule has 162 valence electrons. The fraction of sp³-hybridized carbons (Fsp3) is 0.130. The van der Waals surface area contributed by atoms with Gasteiger partial charge >= 0.3 is 6.18 Å². The summed E-state index contributed by atoms with van der Waals surface area (Å²) in [6, 6.07) is 18.5. The van der Waals surface area contributed by atoms with Crippen LogP contribution in [0.5, 0.6) is 11.5 Å². The van der Waals surface area contributed by atoms with E-state index in [1.807, 2.05) is 0 Å². The number of guanidine groups is 1. The Morgan fingerprint density at radius 2 is 1.69 bits per heavy atom. The molecule has 4 rings (SSSR count). The van der Waals surface area contributed by atoms with Crippen LogP contribution in [0.15, 0.2) is 77.8 Å². The number of anilines is 1. The van der Waals surface area contributed by atoms with Crippen LogP contribution < -0.4 is 15.0 Å². The molecule has 0 radical (unpaired) electrons. The Bertz CT molecular complexity index is 1170. The van der Waals surface area contributed by atoms with Gasteiger partial charge in [0.2, 0.25) is 12.2 Å². The van der Waals surface area contributed by atoms with Gasteiger partial charge < -0.3 is 15.0 Å². The van der Waals surface area contributed by atoms with E-state index >= 15 is 0 Å². The van der Waals surface area contributed by atoms with E-state index in [1.165, 1.54) is 6.07 Å². The summed E-state index contributed by atoms with van der Waals surface area (Å²) in [6.45, 7) is 0.296. The topological polar surface area (TPSA) is 60.7 Å². The lowest BCUT2D eigenvalue weighted by Gasteiger charge is -2.26. The lowest BCUT2D eigenvalue weighted by atomic mass is 10.0. The number of ether oxygens (including phenoxy) is 1. The number of hydrogen-bond donors (Lipinski definition) is 1. The third-order valence-corrected chi connectivity index (χ3v) is 5.16. The first kappa shape index (κ1) is 21.5. The molecule has 1 fully saturated rings. The Kier molecular flexibility index (Phi) is 5.93. The zero-order valence-corrected chi connectivity index (χ0v) is 17.2. The van der Waals surface area contributed by atoms with Gasteiger partial charge in [-0.3, -0.25) is 0 Å². The molecule has 0 bridgehead atoms.